The van der Waals surface area contributed by atoms with Crippen LogP contribution < -0.4 is 14.9 Å². The van der Waals surface area contributed by atoms with Crippen LogP contribution in [-0.4, -0.2) is 37.4 Å². The fourth-order valence-corrected chi connectivity index (χ4v) is 2.20. The van der Waals surface area contributed by atoms with Gasteiger partial charge in [-0.25, -0.2) is 10.2 Å². The minimum Gasteiger partial charge on any atom is -0.482 e. The SMILES string of the molecule is CC(C)OC(=O)COc1ccc(C=NNC(=O)COc2ccccc2Cl)cc1. The Kier molecular flexibility index (Phi) is 8.30. The van der Waals surface area contributed by atoms with Crippen molar-refractivity contribution in [2.24, 2.45) is 5.10 Å². The van der Waals surface area contributed by atoms with Gasteiger partial charge in [0.2, 0.25) is 0 Å². The molecule has 7 nitrogen and oxygen atoms in total. The number of hydrogen-bond acceptors (Lipinski definition) is 6. The number of rotatable bonds is 9. The Bertz CT molecular complexity index is 822. The third-order valence-electron chi connectivity index (χ3n) is 3.20. The van der Waals surface area contributed by atoms with Crippen molar-refractivity contribution in [1.82, 2.24) is 5.43 Å². The standard InChI is InChI=1S/C20H21ClN2O5/c1-14(2)28-20(25)13-26-16-9-7-15(8-10-16)11-22-23-19(24)12-27-18-6-4-3-5-17(18)21/h3-11,14H,12-13H2,1-2H3,(H,23,24). The highest BCUT2D eigenvalue weighted by Crippen LogP contribution is 2.22. The number of carbonyl (C=O) groups is 2. The molecule has 0 atom stereocenters. The largest absolute Gasteiger partial charge is 0.482 e. The molecular weight excluding hydrogens is 384 g/mol. The summed E-state index contributed by atoms with van der Waals surface area (Å²) in [7, 11) is 0. The number of benzene rings is 2. The van der Waals surface area contributed by atoms with Gasteiger partial charge in [-0.15, -0.1) is 0 Å². The first kappa shape index (κ1) is 21.2. The minimum atomic E-state index is -0.428. The number of ether oxygens (including phenoxy) is 3. The van der Waals surface area contributed by atoms with Crippen molar-refractivity contribution in [3.63, 3.8) is 0 Å². The van der Waals surface area contributed by atoms with E-state index < -0.39 is 11.9 Å². The normalized spacial score (nSPS) is 10.7. The second-order valence-electron chi connectivity index (χ2n) is 5.91. The van der Waals surface area contributed by atoms with Crippen molar-refractivity contribution < 1.29 is 23.8 Å². The average Bonchev–Trinajstić information content (AvgIpc) is 2.66. The molecule has 2 rings (SSSR count). The molecule has 0 saturated heterocycles. The molecule has 28 heavy (non-hydrogen) atoms. The Hall–Kier alpha value is -3.06. The summed E-state index contributed by atoms with van der Waals surface area (Å²) < 4.78 is 15.6. The number of esters is 1. The Morgan fingerprint density at radius 1 is 1.07 bits per heavy atom. The maximum absolute atomic E-state index is 11.7. The van der Waals surface area contributed by atoms with Crippen molar-refractivity contribution in [3.05, 3.63) is 59.1 Å². The molecule has 0 aliphatic carbocycles. The van der Waals surface area contributed by atoms with Gasteiger partial charge in [-0.3, -0.25) is 4.79 Å². The van der Waals surface area contributed by atoms with Crippen LogP contribution in [0, 0.1) is 0 Å². The van der Waals surface area contributed by atoms with Crippen LogP contribution in [0.1, 0.15) is 19.4 Å². The first-order chi connectivity index (χ1) is 13.4. The van der Waals surface area contributed by atoms with E-state index >= 15 is 0 Å². The predicted octanol–water partition coefficient (Wildman–Crippen LogP) is 3.20. The fraction of sp³-hybridized carbons (Fsp3) is 0.250. The van der Waals surface area contributed by atoms with E-state index in [1.807, 2.05) is 0 Å². The molecule has 0 aromatic heterocycles. The van der Waals surface area contributed by atoms with Crippen molar-refractivity contribution in [1.29, 1.82) is 0 Å². The molecule has 0 unspecified atom stereocenters. The first-order valence-corrected chi connectivity index (χ1v) is 8.93. The van der Waals surface area contributed by atoms with Gasteiger partial charge in [0.15, 0.2) is 13.2 Å². The lowest BCUT2D eigenvalue weighted by molar-refractivity contribution is -0.149. The average molecular weight is 405 g/mol. The van der Waals surface area contributed by atoms with E-state index in [1.54, 1.807) is 62.4 Å². The number of nitrogens with one attached hydrogen (secondary N) is 1. The molecular formula is C20H21ClN2O5. The van der Waals surface area contributed by atoms with Gasteiger partial charge < -0.3 is 14.2 Å². The summed E-state index contributed by atoms with van der Waals surface area (Å²) >= 11 is 5.94. The van der Waals surface area contributed by atoms with Crippen LogP contribution in [0.2, 0.25) is 5.02 Å². The second-order valence-corrected chi connectivity index (χ2v) is 6.32. The van der Waals surface area contributed by atoms with Gasteiger partial charge in [-0.1, -0.05) is 23.7 Å². The number of hydrogen-bond donors (Lipinski definition) is 1. The van der Waals surface area contributed by atoms with Crippen molar-refractivity contribution >= 4 is 29.7 Å². The topological polar surface area (TPSA) is 86.2 Å². The molecule has 2 aromatic rings. The zero-order chi connectivity index (χ0) is 20.4. The number of nitrogens with zero attached hydrogens (tertiary/aromatic N) is 1. The molecule has 1 N–H and O–H groups in total. The number of carbonyl (C=O) groups excluding carboxylic acids is 2. The summed E-state index contributed by atoms with van der Waals surface area (Å²) in [5.74, 6) is 0.105. The highest BCUT2D eigenvalue weighted by atomic mass is 35.5. The van der Waals surface area contributed by atoms with Crippen molar-refractivity contribution in [2.75, 3.05) is 13.2 Å². The van der Waals surface area contributed by atoms with E-state index in [1.165, 1.54) is 6.21 Å². The van der Waals surface area contributed by atoms with Gasteiger partial charge in [-0.05, 0) is 55.8 Å². The number of hydrazone groups is 1. The minimum absolute atomic E-state index is 0.160. The summed E-state index contributed by atoms with van der Waals surface area (Å²) in [6, 6.07) is 13.7. The summed E-state index contributed by atoms with van der Waals surface area (Å²) in [6.07, 6.45) is 1.30. The van der Waals surface area contributed by atoms with Crippen LogP contribution in [0.5, 0.6) is 11.5 Å². The van der Waals surface area contributed by atoms with Gasteiger partial charge >= 0.3 is 5.97 Å². The van der Waals surface area contributed by atoms with Crippen LogP contribution in [0.15, 0.2) is 53.6 Å². The Morgan fingerprint density at radius 2 is 1.79 bits per heavy atom. The summed E-state index contributed by atoms with van der Waals surface area (Å²) in [5.41, 5.74) is 3.10. The molecule has 0 fully saturated rings. The maximum Gasteiger partial charge on any atom is 0.344 e. The van der Waals surface area contributed by atoms with Crippen molar-refractivity contribution in [2.45, 2.75) is 20.0 Å². The zero-order valence-corrected chi connectivity index (χ0v) is 16.3. The molecule has 0 radical (unpaired) electrons. The summed E-state index contributed by atoms with van der Waals surface area (Å²) in [4.78, 5) is 23.2. The van der Waals surface area contributed by atoms with Gasteiger partial charge in [-0.2, -0.15) is 5.10 Å². The van der Waals surface area contributed by atoms with Gasteiger partial charge in [0.25, 0.3) is 5.91 Å². The maximum atomic E-state index is 11.7. The van der Waals surface area contributed by atoms with Gasteiger partial charge in [0.1, 0.15) is 11.5 Å². The van der Waals surface area contributed by atoms with Crippen LogP contribution in [0.25, 0.3) is 0 Å². The van der Waals surface area contributed by atoms with E-state index in [2.05, 4.69) is 10.5 Å². The Balaban J connectivity index is 1.74. The predicted molar refractivity (Wildman–Crippen MR) is 106 cm³/mol. The third-order valence-corrected chi connectivity index (χ3v) is 3.51. The van der Waals surface area contributed by atoms with Crippen molar-refractivity contribution in [3.8, 4) is 11.5 Å². The lowest BCUT2D eigenvalue weighted by Gasteiger charge is -2.09. The first-order valence-electron chi connectivity index (χ1n) is 8.55. The monoisotopic (exact) mass is 404 g/mol. The molecule has 0 bridgehead atoms. The second kappa shape index (κ2) is 10.9. The molecule has 148 valence electrons. The van der Waals surface area contributed by atoms with E-state index in [4.69, 9.17) is 25.8 Å². The highest BCUT2D eigenvalue weighted by molar-refractivity contribution is 6.32. The third kappa shape index (κ3) is 7.67. The van der Waals surface area contributed by atoms with E-state index in [9.17, 15) is 9.59 Å². The molecule has 0 heterocycles. The van der Waals surface area contributed by atoms with Gasteiger partial charge in [0.05, 0.1) is 17.3 Å². The van der Waals surface area contributed by atoms with E-state index in [-0.39, 0.29) is 19.3 Å². The summed E-state index contributed by atoms with van der Waals surface area (Å²) in [6.45, 7) is 3.18. The Labute approximate surface area is 168 Å². The number of halogens is 1. The van der Waals surface area contributed by atoms with E-state index in [0.29, 0.717) is 16.5 Å². The van der Waals surface area contributed by atoms with E-state index in [0.717, 1.165) is 5.56 Å². The molecule has 0 spiro atoms. The zero-order valence-electron chi connectivity index (χ0n) is 15.6. The lowest BCUT2D eigenvalue weighted by Crippen LogP contribution is -2.24. The number of para-hydroxylation sites is 1. The molecule has 0 aliphatic rings. The van der Waals surface area contributed by atoms with Crippen LogP contribution in [0.4, 0.5) is 0 Å². The highest BCUT2D eigenvalue weighted by Gasteiger charge is 2.06. The molecule has 1 amide bonds. The van der Waals surface area contributed by atoms with Crippen LogP contribution in [0.3, 0.4) is 0 Å². The lowest BCUT2D eigenvalue weighted by atomic mass is 10.2. The molecule has 0 aliphatic heterocycles. The smallest absolute Gasteiger partial charge is 0.344 e. The van der Waals surface area contributed by atoms with Crippen LogP contribution >= 0.6 is 11.6 Å². The summed E-state index contributed by atoms with van der Waals surface area (Å²) in [5, 5.41) is 4.29. The molecule has 0 saturated carbocycles. The fourth-order valence-electron chi connectivity index (χ4n) is 2.01. The quantitative estimate of drug-likeness (QED) is 0.394. The molecule has 8 heteroatoms. The molecule has 2 aromatic carbocycles. The number of amides is 1. The Morgan fingerprint density at radius 3 is 2.46 bits per heavy atom. The van der Waals surface area contributed by atoms with Crippen LogP contribution in [-0.2, 0) is 14.3 Å². The van der Waals surface area contributed by atoms with Gasteiger partial charge in [0, 0.05) is 0 Å².